The van der Waals surface area contributed by atoms with E-state index in [9.17, 15) is 38.9 Å². The van der Waals surface area contributed by atoms with Crippen molar-refractivity contribution in [3.8, 4) is 5.75 Å². The van der Waals surface area contributed by atoms with Crippen LogP contribution in [0.3, 0.4) is 0 Å². The number of rotatable bonds is 19. The van der Waals surface area contributed by atoms with Crippen LogP contribution < -0.4 is 26.4 Å². The van der Waals surface area contributed by atoms with Crippen molar-refractivity contribution in [1.29, 1.82) is 0 Å². The van der Waals surface area contributed by atoms with E-state index in [-0.39, 0.29) is 73.8 Å². The molecule has 0 fully saturated rings. The number of primary amides is 1. The first kappa shape index (κ1) is 39.6. The third-order valence-electron chi connectivity index (χ3n) is 7.30. The zero-order chi connectivity index (χ0) is 36.5. The number of ketones is 1. The van der Waals surface area contributed by atoms with Crippen molar-refractivity contribution in [2.75, 3.05) is 26.0 Å². The number of non-ortho nitro benzene ring substituents is 1. The summed E-state index contributed by atoms with van der Waals surface area (Å²) in [5, 5.41) is 18.8. The number of benzene rings is 2. The molecular weight excluding hydrogens is 640 g/mol. The number of nitro groups is 1. The largest absolute Gasteiger partial charge is 0.514 e. The lowest BCUT2D eigenvalue weighted by molar-refractivity contribution is -0.384. The Morgan fingerprint density at radius 1 is 0.939 bits per heavy atom. The fourth-order valence-electron chi connectivity index (χ4n) is 4.58. The first-order chi connectivity index (χ1) is 23.2. The average Bonchev–Trinajstić information content (AvgIpc) is 3.04. The van der Waals surface area contributed by atoms with Crippen molar-refractivity contribution < 1.29 is 43.2 Å². The first-order valence-corrected chi connectivity index (χ1v) is 15.7. The van der Waals surface area contributed by atoms with Gasteiger partial charge in [-0.25, -0.2) is 9.59 Å². The van der Waals surface area contributed by atoms with Gasteiger partial charge in [0, 0.05) is 63.6 Å². The van der Waals surface area contributed by atoms with E-state index in [0.717, 1.165) is 0 Å². The molecule has 0 aliphatic heterocycles. The van der Waals surface area contributed by atoms with Crippen molar-refractivity contribution in [2.45, 2.75) is 65.0 Å². The lowest BCUT2D eigenvalue weighted by Crippen LogP contribution is -2.45. The van der Waals surface area contributed by atoms with Crippen LogP contribution in [0, 0.1) is 22.0 Å². The zero-order valence-electron chi connectivity index (χ0n) is 28.1. The van der Waals surface area contributed by atoms with E-state index in [1.54, 1.807) is 52.2 Å². The Balaban J connectivity index is 1.99. The number of nitro benzene ring substituents is 1. The molecule has 266 valence electrons. The van der Waals surface area contributed by atoms with E-state index in [1.165, 1.54) is 29.2 Å². The Hall–Kier alpha value is -5.54. The molecule has 0 unspecified atom stereocenters. The fourth-order valence-corrected chi connectivity index (χ4v) is 4.58. The summed E-state index contributed by atoms with van der Waals surface area (Å²) in [4.78, 5) is 85.9. The predicted molar refractivity (Wildman–Crippen MR) is 178 cm³/mol. The van der Waals surface area contributed by atoms with E-state index >= 15 is 0 Å². The summed E-state index contributed by atoms with van der Waals surface area (Å²) in [6.45, 7) is 3.61. The van der Waals surface area contributed by atoms with Crippen LogP contribution >= 0.6 is 0 Å². The van der Waals surface area contributed by atoms with Gasteiger partial charge in [0.2, 0.25) is 17.7 Å². The summed E-state index contributed by atoms with van der Waals surface area (Å²) >= 11 is 0. The number of carbonyl (C=O) groups is 6. The first-order valence-electron chi connectivity index (χ1n) is 15.7. The molecule has 2 atom stereocenters. The molecule has 0 radical (unpaired) electrons. The van der Waals surface area contributed by atoms with Gasteiger partial charge in [-0.2, -0.15) is 0 Å². The van der Waals surface area contributed by atoms with Crippen LogP contribution in [0.2, 0.25) is 0 Å². The van der Waals surface area contributed by atoms with Crippen LogP contribution in [0.1, 0.15) is 57.9 Å². The second-order valence-electron chi connectivity index (χ2n) is 11.8. The maximum absolute atomic E-state index is 13.4. The van der Waals surface area contributed by atoms with Gasteiger partial charge in [-0.15, -0.1) is 0 Å². The minimum atomic E-state index is -1.01. The Morgan fingerprint density at radius 2 is 1.59 bits per heavy atom. The number of Topliss-reactive ketones (excluding diaryl/α,β-unsaturated/α-hetero) is 1. The second kappa shape index (κ2) is 20.0. The van der Waals surface area contributed by atoms with E-state index in [1.807, 2.05) is 0 Å². The summed E-state index contributed by atoms with van der Waals surface area (Å²) < 4.78 is 10.1. The quantitative estimate of drug-likeness (QED) is 0.0551. The molecule has 0 saturated heterocycles. The van der Waals surface area contributed by atoms with E-state index in [4.69, 9.17) is 15.2 Å². The Morgan fingerprint density at radius 3 is 2.16 bits per heavy atom. The highest BCUT2D eigenvalue weighted by molar-refractivity contribution is 5.97. The molecule has 0 saturated carbocycles. The minimum absolute atomic E-state index is 0.0702. The topological polar surface area (TPSA) is 229 Å². The number of hydrogen-bond donors (Lipinski definition) is 4. The van der Waals surface area contributed by atoms with Crippen molar-refractivity contribution in [3.63, 3.8) is 0 Å². The molecule has 5 N–H and O–H groups in total. The number of urea groups is 1. The van der Waals surface area contributed by atoms with Crippen LogP contribution in [-0.2, 0) is 30.5 Å². The van der Waals surface area contributed by atoms with E-state index in [0.29, 0.717) is 24.1 Å². The molecule has 2 aromatic carbocycles. The molecule has 16 nitrogen and oxygen atoms in total. The van der Waals surface area contributed by atoms with Crippen molar-refractivity contribution >= 4 is 47.1 Å². The minimum Gasteiger partial charge on any atom is -0.429 e. The molecule has 0 aliphatic rings. The summed E-state index contributed by atoms with van der Waals surface area (Å²) in [5.41, 5.74) is 5.97. The molecule has 5 amide bonds. The smallest absolute Gasteiger partial charge is 0.429 e. The third-order valence-corrected chi connectivity index (χ3v) is 7.30. The normalized spacial score (nSPS) is 11.9. The highest BCUT2D eigenvalue weighted by Gasteiger charge is 2.29. The van der Waals surface area contributed by atoms with Crippen LogP contribution in [0.15, 0.2) is 48.5 Å². The lowest BCUT2D eigenvalue weighted by atomic mass is 9.89. The van der Waals surface area contributed by atoms with E-state index < -0.39 is 35.0 Å². The van der Waals surface area contributed by atoms with Gasteiger partial charge in [0.15, 0.2) is 5.78 Å². The van der Waals surface area contributed by atoms with Crippen molar-refractivity contribution in [2.24, 2.45) is 17.6 Å². The van der Waals surface area contributed by atoms with Gasteiger partial charge in [-0.3, -0.25) is 29.3 Å². The molecule has 0 aliphatic carbocycles. The predicted octanol–water partition coefficient (Wildman–Crippen LogP) is 3.67. The van der Waals surface area contributed by atoms with Gasteiger partial charge < -0.3 is 36.1 Å². The zero-order valence-corrected chi connectivity index (χ0v) is 28.1. The third kappa shape index (κ3) is 14.8. The summed E-state index contributed by atoms with van der Waals surface area (Å²) in [7, 11) is 3.26. The number of carbonyl (C=O) groups excluding carboxylic acids is 6. The van der Waals surface area contributed by atoms with Gasteiger partial charge in [0.1, 0.15) is 12.4 Å². The summed E-state index contributed by atoms with van der Waals surface area (Å²) in [6.07, 6.45) is 0.0173. The molecular formula is C33H44N6O10. The molecule has 2 aromatic rings. The second-order valence-corrected chi connectivity index (χ2v) is 11.8. The van der Waals surface area contributed by atoms with Crippen LogP contribution in [0.4, 0.5) is 21.0 Å². The highest BCUT2D eigenvalue weighted by Crippen LogP contribution is 2.21. The Kier molecular flexibility index (Phi) is 16.2. The Labute approximate surface area is 284 Å². The van der Waals surface area contributed by atoms with Crippen molar-refractivity contribution in [1.82, 2.24) is 15.5 Å². The molecule has 0 spiro atoms. The van der Waals surface area contributed by atoms with Gasteiger partial charge in [0.25, 0.3) is 5.69 Å². The van der Waals surface area contributed by atoms with Crippen LogP contribution in [0.5, 0.6) is 5.75 Å². The fraction of sp³-hybridized carbons (Fsp3) is 0.455. The van der Waals surface area contributed by atoms with Crippen LogP contribution in [0.25, 0.3) is 0 Å². The van der Waals surface area contributed by atoms with Gasteiger partial charge in [0.05, 0.1) is 11.0 Å². The van der Waals surface area contributed by atoms with Crippen LogP contribution in [-0.4, -0.2) is 72.2 Å². The summed E-state index contributed by atoms with van der Waals surface area (Å²) in [6, 6.07) is 9.76. The molecule has 16 heteroatoms. The number of nitrogens with zero attached hydrogens (tertiary/aromatic N) is 2. The molecule has 2 rings (SSSR count). The maximum Gasteiger partial charge on any atom is 0.514 e. The standard InChI is InChI=1S/C33H44N6O10/c1-21(2)30(37-28(41)8-5-9-29(42)38(3)4)27(40)19-23(7-6-18-35-32(34)44)31(43)36-24-12-10-22(11-13-24)20-48-33(45)49-26-16-14-25(15-17-26)39(46)47/h10-17,21,23,30H,5-9,18-20H2,1-4H3,(H,36,43)(H,37,41)(H3,34,35,44)/t23-,30+/m1/s1. The van der Waals surface area contributed by atoms with E-state index in [2.05, 4.69) is 16.0 Å². The number of nitrogens with two attached hydrogens (primary N) is 1. The summed E-state index contributed by atoms with van der Waals surface area (Å²) in [5.74, 6) is -2.23. The number of amides is 5. The average molecular weight is 685 g/mol. The number of anilines is 1. The highest BCUT2D eigenvalue weighted by atomic mass is 16.7. The molecule has 0 bridgehead atoms. The molecule has 0 aromatic heterocycles. The number of ether oxygens (including phenoxy) is 2. The monoisotopic (exact) mass is 684 g/mol. The number of hydrogen-bond acceptors (Lipinski definition) is 10. The number of nitrogens with one attached hydrogen (secondary N) is 3. The van der Waals surface area contributed by atoms with Crippen molar-refractivity contribution in [3.05, 3.63) is 64.2 Å². The Bertz CT molecular complexity index is 1460. The molecule has 49 heavy (non-hydrogen) atoms. The van der Waals surface area contributed by atoms with Gasteiger partial charge >= 0.3 is 12.2 Å². The lowest BCUT2D eigenvalue weighted by Gasteiger charge is -2.24. The van der Waals surface area contributed by atoms with Gasteiger partial charge in [-0.05, 0) is 55.0 Å². The SMILES string of the molecule is CC(C)[C@H](NC(=O)CCCC(=O)N(C)C)C(=O)C[C@@H](CCCNC(N)=O)C(=O)Nc1ccc(COC(=O)Oc2ccc([N+](=O)[O-])cc2)cc1. The van der Waals surface area contributed by atoms with Gasteiger partial charge in [-0.1, -0.05) is 26.0 Å². The molecule has 0 heterocycles. The maximum atomic E-state index is 13.4.